The fourth-order valence-electron chi connectivity index (χ4n) is 3.40. The van der Waals surface area contributed by atoms with Gasteiger partial charge in [0.25, 0.3) is 11.8 Å². The van der Waals surface area contributed by atoms with Gasteiger partial charge in [-0.25, -0.2) is 5.43 Å². The van der Waals surface area contributed by atoms with Gasteiger partial charge in [0.05, 0.1) is 17.3 Å². The van der Waals surface area contributed by atoms with Gasteiger partial charge in [-0.05, 0) is 76.3 Å². The number of nitrogens with one attached hydrogen (secondary N) is 2. The van der Waals surface area contributed by atoms with E-state index in [0.29, 0.717) is 45.3 Å². The van der Waals surface area contributed by atoms with E-state index < -0.39 is 11.9 Å². The Morgan fingerprint density at radius 3 is 2.41 bits per heavy atom. The van der Waals surface area contributed by atoms with Crippen LogP contribution in [0.2, 0.25) is 5.02 Å². The lowest BCUT2D eigenvalue weighted by Gasteiger charge is -2.20. The van der Waals surface area contributed by atoms with Crippen LogP contribution in [0.4, 0.5) is 0 Å². The summed E-state index contributed by atoms with van der Waals surface area (Å²) in [5.41, 5.74) is 4.65. The van der Waals surface area contributed by atoms with Crippen molar-refractivity contribution in [1.29, 1.82) is 0 Å². The number of ether oxygens (including phenoxy) is 2. The second-order valence-corrected chi connectivity index (χ2v) is 9.76. The average molecular weight is 587 g/mol. The molecule has 0 spiro atoms. The standard InChI is InChI=1S/C28H29BrClN3O4/c1-4-36-24-15-20(14-23(29)26(24)37-17-19-8-6-5-7-9-19)16-31-33-28(35)25(18(2)3)32-27(34)21-10-12-22(30)13-11-21/h5-16,18,25H,4,17H2,1-3H3,(H,32,34)(H,33,35)/b31-16-. The van der Waals surface area contributed by atoms with Crippen molar-refractivity contribution >= 4 is 45.6 Å². The maximum Gasteiger partial charge on any atom is 0.262 e. The molecule has 0 radical (unpaired) electrons. The topological polar surface area (TPSA) is 89.0 Å². The summed E-state index contributed by atoms with van der Waals surface area (Å²) >= 11 is 9.44. The van der Waals surface area contributed by atoms with Crippen molar-refractivity contribution in [2.45, 2.75) is 33.4 Å². The maximum atomic E-state index is 12.8. The molecule has 2 amide bonds. The molecule has 7 nitrogen and oxygen atoms in total. The number of rotatable bonds is 11. The van der Waals surface area contributed by atoms with Crippen molar-refractivity contribution in [2.24, 2.45) is 11.0 Å². The zero-order chi connectivity index (χ0) is 26.8. The Morgan fingerprint density at radius 1 is 1.05 bits per heavy atom. The SMILES string of the molecule is CCOc1cc(/C=N\NC(=O)C(NC(=O)c2ccc(Cl)cc2)C(C)C)cc(Br)c1OCc1ccccc1. The summed E-state index contributed by atoms with van der Waals surface area (Å²) in [5.74, 6) is 0.171. The molecule has 0 bridgehead atoms. The summed E-state index contributed by atoms with van der Waals surface area (Å²) in [4.78, 5) is 25.4. The molecule has 0 aliphatic rings. The molecule has 3 aromatic carbocycles. The summed E-state index contributed by atoms with van der Waals surface area (Å²) in [6, 6.07) is 19.1. The van der Waals surface area contributed by atoms with Crippen molar-refractivity contribution in [1.82, 2.24) is 10.7 Å². The number of carbonyl (C=O) groups is 2. The van der Waals surface area contributed by atoms with Gasteiger partial charge < -0.3 is 14.8 Å². The number of hydrogen-bond donors (Lipinski definition) is 2. The monoisotopic (exact) mass is 585 g/mol. The van der Waals surface area contributed by atoms with Gasteiger partial charge in [0.2, 0.25) is 0 Å². The number of hydrogen-bond acceptors (Lipinski definition) is 5. The molecule has 194 valence electrons. The van der Waals surface area contributed by atoms with Crippen LogP contribution in [0.15, 0.2) is 76.3 Å². The Balaban J connectivity index is 1.67. The van der Waals surface area contributed by atoms with Crippen LogP contribution in [0.1, 0.15) is 42.3 Å². The third-order valence-corrected chi connectivity index (χ3v) is 6.13. The first kappa shape index (κ1) is 28.2. The molecule has 3 aromatic rings. The van der Waals surface area contributed by atoms with E-state index in [4.69, 9.17) is 21.1 Å². The predicted molar refractivity (Wildman–Crippen MR) is 149 cm³/mol. The Bertz CT molecular complexity index is 1230. The van der Waals surface area contributed by atoms with Gasteiger partial charge in [0.1, 0.15) is 12.6 Å². The summed E-state index contributed by atoms with van der Waals surface area (Å²) in [6.07, 6.45) is 1.50. The minimum absolute atomic E-state index is 0.161. The Kier molecular flexibility index (Phi) is 10.5. The lowest BCUT2D eigenvalue weighted by atomic mass is 10.0. The van der Waals surface area contributed by atoms with Crippen LogP contribution in [0.25, 0.3) is 0 Å². The summed E-state index contributed by atoms with van der Waals surface area (Å²) in [6.45, 7) is 6.42. The molecule has 1 unspecified atom stereocenters. The van der Waals surface area contributed by atoms with Gasteiger partial charge >= 0.3 is 0 Å². The molecule has 0 aliphatic carbocycles. The molecule has 2 N–H and O–H groups in total. The highest BCUT2D eigenvalue weighted by molar-refractivity contribution is 9.10. The van der Waals surface area contributed by atoms with Crippen molar-refractivity contribution in [3.05, 3.63) is 92.9 Å². The molecule has 37 heavy (non-hydrogen) atoms. The highest BCUT2D eigenvalue weighted by Crippen LogP contribution is 2.37. The van der Waals surface area contributed by atoms with E-state index in [1.54, 1.807) is 30.3 Å². The van der Waals surface area contributed by atoms with Gasteiger partial charge in [-0.3, -0.25) is 9.59 Å². The summed E-state index contributed by atoms with van der Waals surface area (Å²) in [5, 5.41) is 7.38. The van der Waals surface area contributed by atoms with E-state index in [-0.39, 0.29) is 11.8 Å². The predicted octanol–water partition coefficient (Wildman–Crippen LogP) is 5.98. The van der Waals surface area contributed by atoms with E-state index in [0.717, 1.165) is 5.56 Å². The van der Waals surface area contributed by atoms with E-state index >= 15 is 0 Å². The molecular formula is C28H29BrClN3O4. The zero-order valence-electron chi connectivity index (χ0n) is 20.8. The fourth-order valence-corrected chi connectivity index (χ4v) is 4.10. The molecule has 0 aromatic heterocycles. The molecule has 1 atom stereocenters. The van der Waals surface area contributed by atoms with Crippen molar-refractivity contribution in [3.8, 4) is 11.5 Å². The average Bonchev–Trinajstić information content (AvgIpc) is 2.87. The van der Waals surface area contributed by atoms with Crippen LogP contribution < -0.4 is 20.2 Å². The van der Waals surface area contributed by atoms with Crippen molar-refractivity contribution < 1.29 is 19.1 Å². The smallest absolute Gasteiger partial charge is 0.262 e. The number of hydrazone groups is 1. The lowest BCUT2D eigenvalue weighted by molar-refractivity contribution is -0.123. The van der Waals surface area contributed by atoms with E-state index in [9.17, 15) is 9.59 Å². The third-order valence-electron chi connectivity index (χ3n) is 5.29. The molecule has 0 aliphatic heterocycles. The Hall–Kier alpha value is -3.36. The number of nitrogens with zero attached hydrogens (tertiary/aromatic N) is 1. The zero-order valence-corrected chi connectivity index (χ0v) is 23.2. The molecule has 0 heterocycles. The van der Waals surface area contributed by atoms with Gasteiger partial charge in [0, 0.05) is 10.6 Å². The lowest BCUT2D eigenvalue weighted by Crippen LogP contribution is -2.48. The van der Waals surface area contributed by atoms with Gasteiger partial charge in [-0.15, -0.1) is 0 Å². The molecule has 3 rings (SSSR count). The number of benzene rings is 3. The first-order chi connectivity index (χ1) is 17.8. The minimum Gasteiger partial charge on any atom is -0.490 e. The second-order valence-electron chi connectivity index (χ2n) is 8.47. The van der Waals surface area contributed by atoms with Gasteiger partial charge in [-0.2, -0.15) is 5.10 Å². The number of halogens is 2. The highest BCUT2D eigenvalue weighted by Gasteiger charge is 2.24. The number of carbonyl (C=O) groups excluding carboxylic acids is 2. The normalized spacial score (nSPS) is 11.8. The molecular weight excluding hydrogens is 558 g/mol. The maximum absolute atomic E-state index is 12.8. The van der Waals surface area contributed by atoms with E-state index in [1.165, 1.54) is 6.21 Å². The summed E-state index contributed by atoms with van der Waals surface area (Å²) < 4.78 is 12.5. The molecule has 9 heteroatoms. The molecule has 0 saturated heterocycles. The first-order valence-corrected chi connectivity index (χ1v) is 13.0. The van der Waals surface area contributed by atoms with Gasteiger partial charge in [-0.1, -0.05) is 55.8 Å². The van der Waals surface area contributed by atoms with Crippen LogP contribution >= 0.6 is 27.5 Å². The fraction of sp³-hybridized carbons (Fsp3) is 0.250. The summed E-state index contributed by atoms with van der Waals surface area (Å²) in [7, 11) is 0. The van der Waals surface area contributed by atoms with Crippen molar-refractivity contribution in [3.63, 3.8) is 0 Å². The Morgan fingerprint density at radius 2 is 1.76 bits per heavy atom. The second kappa shape index (κ2) is 13.8. The van der Waals surface area contributed by atoms with Gasteiger partial charge in [0.15, 0.2) is 11.5 Å². The van der Waals surface area contributed by atoms with Crippen LogP contribution in [-0.2, 0) is 11.4 Å². The highest BCUT2D eigenvalue weighted by atomic mass is 79.9. The Labute approximate surface area is 230 Å². The molecule has 0 saturated carbocycles. The minimum atomic E-state index is -0.778. The van der Waals surface area contributed by atoms with Crippen LogP contribution in [-0.4, -0.2) is 30.7 Å². The van der Waals surface area contributed by atoms with Crippen LogP contribution in [0, 0.1) is 5.92 Å². The molecule has 0 fully saturated rings. The van der Waals surface area contributed by atoms with E-state index in [2.05, 4.69) is 31.8 Å². The van der Waals surface area contributed by atoms with Crippen LogP contribution in [0.5, 0.6) is 11.5 Å². The number of amides is 2. The first-order valence-electron chi connectivity index (χ1n) is 11.8. The quantitative estimate of drug-likeness (QED) is 0.214. The van der Waals surface area contributed by atoms with Crippen molar-refractivity contribution in [2.75, 3.05) is 6.61 Å². The largest absolute Gasteiger partial charge is 0.490 e. The third kappa shape index (κ3) is 8.33. The van der Waals surface area contributed by atoms with Crippen LogP contribution in [0.3, 0.4) is 0 Å². The van der Waals surface area contributed by atoms with E-state index in [1.807, 2.05) is 57.2 Å².